The Hall–Kier alpha value is -2.90. The van der Waals surface area contributed by atoms with E-state index in [0.29, 0.717) is 26.2 Å². The molecule has 2 saturated heterocycles. The summed E-state index contributed by atoms with van der Waals surface area (Å²) in [5.41, 5.74) is 0.470. The molecule has 2 fully saturated rings. The van der Waals surface area contributed by atoms with E-state index in [0.717, 1.165) is 25.7 Å². The molecule has 3 rings (SSSR count). The molecule has 2 aliphatic rings. The van der Waals surface area contributed by atoms with E-state index in [4.69, 9.17) is 9.47 Å². The summed E-state index contributed by atoms with van der Waals surface area (Å²) >= 11 is 0. The van der Waals surface area contributed by atoms with Crippen LogP contribution in [0.5, 0.6) is 0 Å². The Morgan fingerprint density at radius 1 is 0.643 bits per heavy atom. The van der Waals surface area contributed by atoms with Crippen LogP contribution in [-0.2, 0) is 19.1 Å². The number of amides is 2. The third kappa shape index (κ3) is 5.09. The van der Waals surface area contributed by atoms with Crippen LogP contribution in [0.2, 0.25) is 0 Å². The predicted octanol–water partition coefficient (Wildman–Crippen LogP) is 1.24. The first kappa shape index (κ1) is 19.9. The van der Waals surface area contributed by atoms with Crippen molar-refractivity contribution in [2.24, 2.45) is 0 Å². The number of carbonyl (C=O) groups excluding carboxylic acids is 4. The summed E-state index contributed by atoms with van der Waals surface area (Å²) in [5, 5.41) is 0. The van der Waals surface area contributed by atoms with Gasteiger partial charge in [0.15, 0.2) is 13.2 Å². The maximum absolute atomic E-state index is 12.0. The van der Waals surface area contributed by atoms with E-state index in [2.05, 4.69) is 0 Å². The summed E-state index contributed by atoms with van der Waals surface area (Å²) in [6.07, 6.45) is 3.89. The fourth-order valence-corrected chi connectivity index (χ4v) is 3.28. The molecule has 8 heteroatoms. The molecule has 150 valence electrons. The van der Waals surface area contributed by atoms with Gasteiger partial charge >= 0.3 is 11.9 Å². The number of esters is 2. The number of hydrogen-bond acceptors (Lipinski definition) is 6. The minimum atomic E-state index is -0.628. The van der Waals surface area contributed by atoms with Gasteiger partial charge in [-0.05, 0) is 49.9 Å². The molecule has 0 spiro atoms. The topological polar surface area (TPSA) is 93.2 Å². The van der Waals surface area contributed by atoms with Gasteiger partial charge in [-0.15, -0.1) is 0 Å². The summed E-state index contributed by atoms with van der Waals surface area (Å²) in [4.78, 5) is 51.3. The number of ether oxygens (including phenoxy) is 2. The molecule has 0 unspecified atom stereocenters. The Bertz CT molecular complexity index is 671. The van der Waals surface area contributed by atoms with E-state index in [1.165, 1.54) is 24.3 Å². The van der Waals surface area contributed by atoms with Gasteiger partial charge in [0.2, 0.25) is 0 Å². The van der Waals surface area contributed by atoms with Gasteiger partial charge in [0.25, 0.3) is 11.8 Å². The molecule has 0 atom stereocenters. The van der Waals surface area contributed by atoms with Gasteiger partial charge in [-0.3, -0.25) is 9.59 Å². The lowest BCUT2D eigenvalue weighted by Gasteiger charge is -2.15. The molecule has 2 amide bonds. The Kier molecular flexibility index (Phi) is 6.62. The molecule has 8 nitrogen and oxygen atoms in total. The Morgan fingerprint density at radius 2 is 0.964 bits per heavy atom. The minimum Gasteiger partial charge on any atom is -0.452 e. The van der Waals surface area contributed by atoms with E-state index in [1.54, 1.807) is 9.80 Å². The summed E-state index contributed by atoms with van der Waals surface area (Å²) in [5.74, 6) is -1.66. The SMILES string of the molecule is O=C(OCC(=O)N1CCCC1)c1ccc(C(=O)OCC(=O)N2CCCC2)cc1. The molecular weight excluding hydrogens is 364 g/mol. The summed E-state index contributed by atoms with van der Waals surface area (Å²) in [6, 6.07) is 5.73. The second-order valence-corrected chi connectivity index (χ2v) is 6.91. The van der Waals surface area contributed by atoms with Crippen LogP contribution in [0.3, 0.4) is 0 Å². The zero-order chi connectivity index (χ0) is 19.9. The van der Waals surface area contributed by atoms with Gasteiger partial charge in [-0.25, -0.2) is 9.59 Å². The van der Waals surface area contributed by atoms with Crippen LogP contribution in [0.15, 0.2) is 24.3 Å². The first-order chi connectivity index (χ1) is 13.5. The van der Waals surface area contributed by atoms with E-state index < -0.39 is 11.9 Å². The van der Waals surface area contributed by atoms with Crippen LogP contribution in [0.4, 0.5) is 0 Å². The average Bonchev–Trinajstić information content (AvgIpc) is 3.44. The molecular formula is C20H24N2O6. The molecule has 28 heavy (non-hydrogen) atoms. The molecule has 1 aromatic rings. The Morgan fingerprint density at radius 3 is 1.29 bits per heavy atom. The largest absolute Gasteiger partial charge is 0.452 e. The molecule has 0 bridgehead atoms. The Labute approximate surface area is 163 Å². The van der Waals surface area contributed by atoms with Crippen molar-refractivity contribution in [1.82, 2.24) is 9.80 Å². The molecule has 0 aromatic heterocycles. The number of hydrogen-bond donors (Lipinski definition) is 0. The van der Waals surface area contributed by atoms with Gasteiger partial charge in [0.05, 0.1) is 11.1 Å². The summed E-state index contributed by atoms with van der Waals surface area (Å²) < 4.78 is 10.1. The first-order valence-corrected chi connectivity index (χ1v) is 9.54. The fraction of sp³-hybridized carbons (Fsp3) is 0.500. The molecule has 0 radical (unpaired) electrons. The van der Waals surface area contributed by atoms with Crippen LogP contribution in [0.1, 0.15) is 46.4 Å². The number of nitrogens with zero attached hydrogens (tertiary/aromatic N) is 2. The maximum Gasteiger partial charge on any atom is 0.338 e. The average molecular weight is 388 g/mol. The number of likely N-dealkylation sites (tertiary alicyclic amines) is 2. The molecule has 1 aromatic carbocycles. The smallest absolute Gasteiger partial charge is 0.338 e. The third-order valence-corrected chi connectivity index (χ3v) is 4.93. The van der Waals surface area contributed by atoms with Crippen molar-refractivity contribution in [3.8, 4) is 0 Å². The minimum absolute atomic E-state index is 0.200. The second kappa shape index (κ2) is 9.34. The van der Waals surface area contributed by atoms with Crippen LogP contribution in [-0.4, -0.2) is 72.9 Å². The normalized spacial score (nSPS) is 16.1. The fourth-order valence-electron chi connectivity index (χ4n) is 3.28. The highest BCUT2D eigenvalue weighted by atomic mass is 16.5. The number of carbonyl (C=O) groups is 4. The van der Waals surface area contributed by atoms with E-state index >= 15 is 0 Å². The van der Waals surface area contributed by atoms with Crippen LogP contribution in [0, 0.1) is 0 Å². The van der Waals surface area contributed by atoms with Crippen molar-refractivity contribution < 1.29 is 28.7 Å². The molecule has 0 aliphatic carbocycles. The lowest BCUT2D eigenvalue weighted by atomic mass is 10.1. The molecule has 0 saturated carbocycles. The lowest BCUT2D eigenvalue weighted by Crippen LogP contribution is -2.32. The summed E-state index contributed by atoms with van der Waals surface area (Å²) in [6.45, 7) is 2.23. The quantitative estimate of drug-likeness (QED) is 0.681. The number of benzene rings is 1. The Balaban J connectivity index is 1.45. The van der Waals surface area contributed by atoms with Gasteiger partial charge in [0.1, 0.15) is 0 Å². The molecule has 0 N–H and O–H groups in total. The van der Waals surface area contributed by atoms with Gasteiger partial charge in [-0.1, -0.05) is 0 Å². The highest BCUT2D eigenvalue weighted by molar-refractivity contribution is 5.95. The van der Waals surface area contributed by atoms with E-state index in [-0.39, 0.29) is 36.2 Å². The zero-order valence-corrected chi connectivity index (χ0v) is 15.7. The van der Waals surface area contributed by atoms with Gasteiger partial charge in [0, 0.05) is 26.2 Å². The van der Waals surface area contributed by atoms with Gasteiger partial charge < -0.3 is 19.3 Å². The van der Waals surface area contributed by atoms with Crippen molar-refractivity contribution in [3.63, 3.8) is 0 Å². The van der Waals surface area contributed by atoms with Crippen molar-refractivity contribution in [1.29, 1.82) is 0 Å². The second-order valence-electron chi connectivity index (χ2n) is 6.91. The first-order valence-electron chi connectivity index (χ1n) is 9.54. The van der Waals surface area contributed by atoms with Crippen molar-refractivity contribution in [2.75, 3.05) is 39.4 Å². The maximum atomic E-state index is 12.0. The lowest BCUT2D eigenvalue weighted by molar-refractivity contribution is -0.134. The van der Waals surface area contributed by atoms with Crippen LogP contribution < -0.4 is 0 Å². The van der Waals surface area contributed by atoms with Crippen molar-refractivity contribution >= 4 is 23.8 Å². The van der Waals surface area contributed by atoms with Gasteiger partial charge in [-0.2, -0.15) is 0 Å². The standard InChI is InChI=1S/C20H24N2O6/c23-17(21-9-1-2-10-21)13-27-19(25)15-5-7-16(8-6-15)20(26)28-14-18(24)22-11-3-4-12-22/h5-8H,1-4,9-14H2. The summed E-state index contributed by atoms with van der Waals surface area (Å²) in [7, 11) is 0. The molecule has 2 heterocycles. The van der Waals surface area contributed by atoms with Crippen LogP contribution in [0.25, 0.3) is 0 Å². The van der Waals surface area contributed by atoms with E-state index in [9.17, 15) is 19.2 Å². The van der Waals surface area contributed by atoms with E-state index in [1.807, 2.05) is 0 Å². The number of rotatable bonds is 6. The third-order valence-electron chi connectivity index (χ3n) is 4.93. The highest BCUT2D eigenvalue weighted by Gasteiger charge is 2.21. The highest BCUT2D eigenvalue weighted by Crippen LogP contribution is 2.11. The molecule has 2 aliphatic heterocycles. The monoisotopic (exact) mass is 388 g/mol. The predicted molar refractivity (Wildman–Crippen MR) is 98.6 cm³/mol. The van der Waals surface area contributed by atoms with Crippen molar-refractivity contribution in [3.05, 3.63) is 35.4 Å². The van der Waals surface area contributed by atoms with Crippen molar-refractivity contribution in [2.45, 2.75) is 25.7 Å². The van der Waals surface area contributed by atoms with Crippen LogP contribution >= 0.6 is 0 Å². The zero-order valence-electron chi connectivity index (χ0n) is 15.7.